The van der Waals surface area contributed by atoms with Crippen molar-refractivity contribution < 1.29 is 9.59 Å². The second-order valence-electron chi connectivity index (χ2n) is 5.63. The van der Waals surface area contributed by atoms with Crippen molar-refractivity contribution >= 4 is 24.2 Å². The molecule has 0 unspecified atom stereocenters. The van der Waals surface area contributed by atoms with Gasteiger partial charge in [0.25, 0.3) is 5.91 Å². The number of nitrogens with one attached hydrogen (secondary N) is 1. The van der Waals surface area contributed by atoms with Crippen LogP contribution in [0.3, 0.4) is 0 Å². The van der Waals surface area contributed by atoms with Crippen molar-refractivity contribution in [3.8, 4) is 0 Å². The predicted molar refractivity (Wildman–Crippen MR) is 86.7 cm³/mol. The van der Waals surface area contributed by atoms with Crippen LogP contribution in [0.2, 0.25) is 0 Å². The summed E-state index contributed by atoms with van der Waals surface area (Å²) in [4.78, 5) is 25.0. The summed E-state index contributed by atoms with van der Waals surface area (Å²) in [5, 5.41) is 2.78. The van der Waals surface area contributed by atoms with Crippen LogP contribution < -0.4 is 11.1 Å². The van der Waals surface area contributed by atoms with Crippen molar-refractivity contribution in [2.45, 2.75) is 25.8 Å². The Balaban J connectivity index is 0.00000400. The molecule has 0 aliphatic carbocycles. The summed E-state index contributed by atoms with van der Waals surface area (Å²) in [5.41, 5.74) is 6.48. The van der Waals surface area contributed by atoms with E-state index < -0.39 is 5.54 Å². The van der Waals surface area contributed by atoms with Crippen LogP contribution in [-0.4, -0.2) is 42.9 Å². The van der Waals surface area contributed by atoms with Gasteiger partial charge in [0, 0.05) is 26.2 Å². The molecule has 0 aliphatic heterocycles. The molecule has 3 N–H and O–H groups in total. The van der Waals surface area contributed by atoms with Crippen LogP contribution in [0.5, 0.6) is 0 Å². The van der Waals surface area contributed by atoms with E-state index in [0.717, 1.165) is 5.56 Å². The zero-order chi connectivity index (χ0) is 15.3. The number of amides is 2. The van der Waals surface area contributed by atoms with Crippen LogP contribution in [0, 0.1) is 0 Å². The zero-order valence-corrected chi connectivity index (χ0v) is 13.8. The van der Waals surface area contributed by atoms with Crippen molar-refractivity contribution in [3.05, 3.63) is 35.4 Å². The van der Waals surface area contributed by atoms with Gasteiger partial charge in [0.1, 0.15) is 0 Å². The van der Waals surface area contributed by atoms with Crippen molar-refractivity contribution in [3.63, 3.8) is 0 Å². The van der Waals surface area contributed by atoms with Crippen molar-refractivity contribution in [2.24, 2.45) is 5.73 Å². The summed E-state index contributed by atoms with van der Waals surface area (Å²) < 4.78 is 0. The molecule has 2 amide bonds. The van der Waals surface area contributed by atoms with Gasteiger partial charge in [-0.05, 0) is 38.0 Å². The Bertz CT molecular complexity index is 496. The second kappa shape index (κ2) is 8.00. The highest BCUT2D eigenvalue weighted by Gasteiger charge is 2.20. The average molecular weight is 314 g/mol. The molecule has 0 radical (unpaired) electrons. The summed E-state index contributed by atoms with van der Waals surface area (Å²) in [5.74, 6) is -0.211. The van der Waals surface area contributed by atoms with Crippen LogP contribution in [-0.2, 0) is 11.2 Å². The molecule has 0 bridgehead atoms. The van der Waals surface area contributed by atoms with Gasteiger partial charge in [0.2, 0.25) is 5.91 Å². The van der Waals surface area contributed by atoms with E-state index in [4.69, 9.17) is 5.73 Å². The molecule has 21 heavy (non-hydrogen) atoms. The summed E-state index contributed by atoms with van der Waals surface area (Å²) in [6.45, 7) is 3.83. The van der Waals surface area contributed by atoms with Gasteiger partial charge in [-0.1, -0.05) is 12.1 Å². The molecule has 5 nitrogen and oxygen atoms in total. The first-order valence-corrected chi connectivity index (χ1v) is 6.59. The molecule has 1 aromatic carbocycles. The number of nitrogens with two attached hydrogens (primary N) is 1. The van der Waals surface area contributed by atoms with Gasteiger partial charge in [0.15, 0.2) is 0 Å². The van der Waals surface area contributed by atoms with Gasteiger partial charge in [-0.3, -0.25) is 9.59 Å². The van der Waals surface area contributed by atoms with Gasteiger partial charge >= 0.3 is 0 Å². The minimum Gasteiger partial charge on any atom is -0.354 e. The van der Waals surface area contributed by atoms with E-state index in [9.17, 15) is 9.59 Å². The van der Waals surface area contributed by atoms with Crippen LogP contribution in [0.1, 0.15) is 29.8 Å². The number of carbonyl (C=O) groups excluding carboxylic acids is 2. The summed E-state index contributed by atoms with van der Waals surface area (Å²) in [6.07, 6.45) is 0.663. The Kier molecular flexibility index (Phi) is 7.39. The highest BCUT2D eigenvalue weighted by atomic mass is 35.5. The number of nitrogens with zero attached hydrogens (tertiary/aromatic N) is 1. The molecule has 0 aromatic heterocycles. The fourth-order valence-electron chi connectivity index (χ4n) is 1.67. The van der Waals surface area contributed by atoms with Crippen LogP contribution >= 0.6 is 12.4 Å². The van der Waals surface area contributed by atoms with E-state index >= 15 is 0 Å². The Morgan fingerprint density at radius 1 is 1.29 bits per heavy atom. The van der Waals surface area contributed by atoms with Gasteiger partial charge in [-0.2, -0.15) is 0 Å². The maximum absolute atomic E-state index is 11.8. The summed E-state index contributed by atoms with van der Waals surface area (Å²) in [6, 6.07) is 7.42. The lowest BCUT2D eigenvalue weighted by Gasteiger charge is -2.17. The molecule has 0 atom stereocenters. The molecular formula is C15H24ClN3O2. The topological polar surface area (TPSA) is 75.4 Å². The van der Waals surface area contributed by atoms with Crippen LogP contribution in [0.25, 0.3) is 0 Å². The monoisotopic (exact) mass is 313 g/mol. The normalized spacial score (nSPS) is 10.5. The Labute approximate surface area is 132 Å². The molecule has 6 heteroatoms. The molecule has 0 saturated heterocycles. The molecule has 118 valence electrons. The Morgan fingerprint density at radius 2 is 1.90 bits per heavy atom. The molecule has 0 aliphatic rings. The van der Waals surface area contributed by atoms with E-state index in [1.165, 1.54) is 4.90 Å². The number of carbonyl (C=O) groups is 2. The van der Waals surface area contributed by atoms with Crippen LogP contribution in [0.4, 0.5) is 0 Å². The lowest BCUT2D eigenvalue weighted by atomic mass is 10.1. The second-order valence-corrected chi connectivity index (χ2v) is 5.63. The van der Waals surface area contributed by atoms with E-state index in [-0.39, 0.29) is 24.2 Å². The van der Waals surface area contributed by atoms with Crippen molar-refractivity contribution in [1.82, 2.24) is 10.2 Å². The smallest absolute Gasteiger partial charge is 0.253 e. The number of halogens is 1. The van der Waals surface area contributed by atoms with Gasteiger partial charge < -0.3 is 16.0 Å². The van der Waals surface area contributed by atoms with Crippen molar-refractivity contribution in [1.29, 1.82) is 0 Å². The first kappa shape index (κ1) is 19.4. The highest BCUT2D eigenvalue weighted by Crippen LogP contribution is 2.08. The van der Waals surface area contributed by atoms with E-state index in [1.54, 1.807) is 34.0 Å². The first-order chi connectivity index (χ1) is 9.21. The maximum Gasteiger partial charge on any atom is 0.253 e. The molecule has 0 saturated carbocycles. The predicted octanol–water partition coefficient (Wildman–Crippen LogP) is 1.21. The third kappa shape index (κ3) is 6.14. The van der Waals surface area contributed by atoms with E-state index in [1.807, 2.05) is 18.2 Å². The van der Waals surface area contributed by atoms with Gasteiger partial charge in [0.05, 0.1) is 5.54 Å². The van der Waals surface area contributed by atoms with E-state index in [0.29, 0.717) is 18.5 Å². The Hall–Kier alpha value is -1.59. The zero-order valence-electron chi connectivity index (χ0n) is 13.0. The maximum atomic E-state index is 11.8. The van der Waals surface area contributed by atoms with Gasteiger partial charge in [-0.25, -0.2) is 0 Å². The third-order valence-corrected chi connectivity index (χ3v) is 2.86. The number of hydrogen-bond acceptors (Lipinski definition) is 3. The number of benzene rings is 1. The minimum absolute atomic E-state index is 0. The fourth-order valence-corrected chi connectivity index (χ4v) is 1.67. The number of hydrogen-bond donors (Lipinski definition) is 2. The average Bonchev–Trinajstić information content (AvgIpc) is 2.36. The molecule has 1 rings (SSSR count). The molecule has 0 heterocycles. The highest BCUT2D eigenvalue weighted by molar-refractivity contribution is 5.94. The van der Waals surface area contributed by atoms with Gasteiger partial charge in [-0.15, -0.1) is 12.4 Å². The minimum atomic E-state index is -0.872. The largest absolute Gasteiger partial charge is 0.354 e. The third-order valence-electron chi connectivity index (χ3n) is 2.86. The molecule has 1 aromatic rings. The summed E-state index contributed by atoms with van der Waals surface area (Å²) >= 11 is 0. The molecular weight excluding hydrogens is 290 g/mol. The van der Waals surface area contributed by atoms with Crippen molar-refractivity contribution in [2.75, 3.05) is 20.6 Å². The number of rotatable bonds is 5. The SMILES string of the molecule is CN(C)C(=O)c1cccc(CCNC(=O)C(C)(C)N)c1.Cl. The summed E-state index contributed by atoms with van der Waals surface area (Å²) in [7, 11) is 3.44. The first-order valence-electron chi connectivity index (χ1n) is 6.59. The molecule has 0 fully saturated rings. The lowest BCUT2D eigenvalue weighted by molar-refractivity contribution is -0.125. The van der Waals surface area contributed by atoms with E-state index in [2.05, 4.69) is 5.32 Å². The Morgan fingerprint density at radius 3 is 2.43 bits per heavy atom. The standard InChI is InChI=1S/C15H23N3O2.ClH/c1-15(2,16)14(20)17-9-8-11-6-5-7-12(10-11)13(19)18(3)4;/h5-7,10H,8-9,16H2,1-4H3,(H,17,20);1H. The fraction of sp³-hybridized carbons (Fsp3) is 0.467. The quantitative estimate of drug-likeness (QED) is 0.858. The lowest BCUT2D eigenvalue weighted by Crippen LogP contribution is -2.49. The van der Waals surface area contributed by atoms with Crippen LogP contribution in [0.15, 0.2) is 24.3 Å². The molecule has 0 spiro atoms.